The number of Topliss-reactive ketones (excluding diaryl/α,β-unsaturated/α-hetero) is 1. The van der Waals surface area contributed by atoms with Crippen LogP contribution in [0.2, 0.25) is 0 Å². The Morgan fingerprint density at radius 1 is 1.41 bits per heavy atom. The van der Waals surface area contributed by atoms with Crippen LogP contribution in [0.5, 0.6) is 0 Å². The molecule has 0 heterocycles. The highest BCUT2D eigenvalue weighted by Gasteiger charge is 2.35. The molecule has 1 aromatic rings. The zero-order valence-electron chi connectivity index (χ0n) is 12.9. The molecule has 0 atom stereocenters. The van der Waals surface area contributed by atoms with Crippen molar-refractivity contribution in [1.82, 2.24) is 0 Å². The standard InChI is InChI=1S/C17H18BrN3O/c1-10(20)16-14(7-17(2,3)8-15(16)22)21-12-5-4-11(9-19)13(18)6-12/h4-6H,7-8,20H2,1-3H3. The summed E-state index contributed by atoms with van der Waals surface area (Å²) in [4.78, 5) is 17.0. The van der Waals surface area contributed by atoms with E-state index in [0.717, 1.165) is 5.71 Å². The highest BCUT2D eigenvalue weighted by molar-refractivity contribution is 9.10. The average Bonchev–Trinajstić information content (AvgIpc) is 2.36. The van der Waals surface area contributed by atoms with Crippen molar-refractivity contribution in [3.8, 4) is 6.07 Å². The lowest BCUT2D eigenvalue weighted by Crippen LogP contribution is -2.33. The van der Waals surface area contributed by atoms with Gasteiger partial charge < -0.3 is 5.73 Å². The number of ketones is 1. The van der Waals surface area contributed by atoms with Crippen LogP contribution >= 0.6 is 15.9 Å². The number of hydrogen-bond donors (Lipinski definition) is 1. The number of nitriles is 1. The molecule has 4 nitrogen and oxygen atoms in total. The van der Waals surface area contributed by atoms with E-state index in [0.29, 0.717) is 39.8 Å². The molecular formula is C17H18BrN3O. The van der Waals surface area contributed by atoms with Crippen molar-refractivity contribution in [2.24, 2.45) is 16.1 Å². The molecule has 0 spiro atoms. The Morgan fingerprint density at radius 3 is 2.64 bits per heavy atom. The highest BCUT2D eigenvalue weighted by atomic mass is 79.9. The molecule has 1 aliphatic rings. The lowest BCUT2D eigenvalue weighted by Gasteiger charge is -2.31. The van der Waals surface area contributed by atoms with Gasteiger partial charge in [0, 0.05) is 16.6 Å². The molecule has 0 bridgehead atoms. The van der Waals surface area contributed by atoms with E-state index in [1.807, 2.05) is 0 Å². The van der Waals surface area contributed by atoms with E-state index in [2.05, 4.69) is 40.8 Å². The van der Waals surface area contributed by atoms with Gasteiger partial charge in [-0.25, -0.2) is 0 Å². The van der Waals surface area contributed by atoms with Crippen LogP contribution in [-0.2, 0) is 4.79 Å². The van der Waals surface area contributed by atoms with Crippen molar-refractivity contribution in [2.45, 2.75) is 33.6 Å². The minimum Gasteiger partial charge on any atom is -0.402 e. The summed E-state index contributed by atoms with van der Waals surface area (Å²) < 4.78 is 0.688. The Kier molecular flexibility index (Phi) is 4.52. The summed E-state index contributed by atoms with van der Waals surface area (Å²) in [5, 5.41) is 8.96. The second-order valence-electron chi connectivity index (χ2n) is 6.33. The number of allylic oxidation sites excluding steroid dienone is 2. The Morgan fingerprint density at radius 2 is 2.09 bits per heavy atom. The number of halogens is 1. The van der Waals surface area contributed by atoms with Crippen LogP contribution in [-0.4, -0.2) is 11.5 Å². The van der Waals surface area contributed by atoms with Gasteiger partial charge in [-0.15, -0.1) is 0 Å². The Balaban J connectivity index is 2.51. The van der Waals surface area contributed by atoms with Gasteiger partial charge in [-0.2, -0.15) is 5.26 Å². The molecule has 1 fully saturated rings. The van der Waals surface area contributed by atoms with Gasteiger partial charge >= 0.3 is 0 Å². The third-order valence-electron chi connectivity index (χ3n) is 3.58. The number of nitrogens with two attached hydrogens (primary N) is 1. The zero-order valence-corrected chi connectivity index (χ0v) is 14.5. The number of carbonyl (C=O) groups excluding carboxylic acids is 1. The maximum Gasteiger partial charge on any atom is 0.166 e. The van der Waals surface area contributed by atoms with Crippen molar-refractivity contribution in [3.63, 3.8) is 0 Å². The first-order valence-electron chi connectivity index (χ1n) is 7.00. The van der Waals surface area contributed by atoms with Gasteiger partial charge in [0.2, 0.25) is 0 Å². The molecule has 2 rings (SSSR count). The van der Waals surface area contributed by atoms with Crippen LogP contribution in [0.1, 0.15) is 39.2 Å². The van der Waals surface area contributed by atoms with Crippen LogP contribution in [0.3, 0.4) is 0 Å². The molecule has 0 aromatic heterocycles. The van der Waals surface area contributed by atoms with Crippen LogP contribution < -0.4 is 5.73 Å². The molecule has 0 unspecified atom stereocenters. The van der Waals surface area contributed by atoms with Gasteiger partial charge in [-0.3, -0.25) is 9.79 Å². The highest BCUT2D eigenvalue weighted by Crippen LogP contribution is 2.36. The Labute approximate surface area is 138 Å². The lowest BCUT2D eigenvalue weighted by atomic mass is 9.73. The first-order chi connectivity index (χ1) is 10.2. The van der Waals surface area contributed by atoms with E-state index in [4.69, 9.17) is 11.0 Å². The summed E-state index contributed by atoms with van der Waals surface area (Å²) in [6.07, 6.45) is 1.17. The van der Waals surface area contributed by atoms with Gasteiger partial charge in [-0.05, 0) is 52.9 Å². The minimum absolute atomic E-state index is 0.0442. The molecular weight excluding hydrogens is 342 g/mol. The largest absolute Gasteiger partial charge is 0.402 e. The zero-order chi connectivity index (χ0) is 16.5. The number of carbonyl (C=O) groups is 1. The predicted octanol–water partition coefficient (Wildman–Crippen LogP) is 4.02. The van der Waals surface area contributed by atoms with Crippen molar-refractivity contribution in [1.29, 1.82) is 5.26 Å². The van der Waals surface area contributed by atoms with Crippen molar-refractivity contribution < 1.29 is 4.79 Å². The van der Waals surface area contributed by atoms with Gasteiger partial charge in [0.15, 0.2) is 5.78 Å². The van der Waals surface area contributed by atoms with E-state index in [1.165, 1.54) is 0 Å². The minimum atomic E-state index is -0.126. The lowest BCUT2D eigenvalue weighted by molar-refractivity contribution is -0.117. The fraction of sp³-hybridized carbons (Fsp3) is 0.353. The van der Waals surface area contributed by atoms with E-state index in [1.54, 1.807) is 25.1 Å². The summed E-state index contributed by atoms with van der Waals surface area (Å²) in [5.41, 5.74) is 8.78. The Hall–Kier alpha value is -1.93. The van der Waals surface area contributed by atoms with Crippen molar-refractivity contribution in [2.75, 3.05) is 0 Å². The summed E-state index contributed by atoms with van der Waals surface area (Å²) in [7, 11) is 0. The fourth-order valence-corrected chi connectivity index (χ4v) is 3.11. The van der Waals surface area contributed by atoms with E-state index in [-0.39, 0.29) is 11.2 Å². The van der Waals surface area contributed by atoms with Crippen LogP contribution in [0.25, 0.3) is 0 Å². The second kappa shape index (κ2) is 6.05. The summed E-state index contributed by atoms with van der Waals surface area (Å²) >= 11 is 3.36. The van der Waals surface area contributed by atoms with Crippen LogP contribution in [0.4, 0.5) is 5.69 Å². The molecule has 0 radical (unpaired) electrons. The van der Waals surface area contributed by atoms with Gasteiger partial charge in [0.25, 0.3) is 0 Å². The quantitative estimate of drug-likeness (QED) is 0.769. The van der Waals surface area contributed by atoms with Gasteiger partial charge in [0.1, 0.15) is 6.07 Å². The van der Waals surface area contributed by atoms with E-state index in [9.17, 15) is 4.79 Å². The predicted molar refractivity (Wildman–Crippen MR) is 90.9 cm³/mol. The number of benzene rings is 1. The second-order valence-corrected chi connectivity index (χ2v) is 7.19. The SMILES string of the molecule is CC(N)=C1C(=O)CC(C)(C)CC1=Nc1ccc(C#N)c(Br)c1. The van der Waals surface area contributed by atoms with Crippen LogP contribution in [0.15, 0.2) is 38.9 Å². The topological polar surface area (TPSA) is 79.2 Å². The first kappa shape index (κ1) is 16.4. The number of rotatable bonds is 1. The first-order valence-corrected chi connectivity index (χ1v) is 7.80. The molecule has 0 saturated heterocycles. The smallest absolute Gasteiger partial charge is 0.166 e. The molecule has 1 aliphatic carbocycles. The summed E-state index contributed by atoms with van der Waals surface area (Å²) in [5.74, 6) is 0.0442. The molecule has 114 valence electrons. The number of aliphatic imine (C=N–C) groups is 1. The molecule has 1 aromatic carbocycles. The van der Waals surface area contributed by atoms with Crippen molar-refractivity contribution >= 4 is 33.1 Å². The maximum absolute atomic E-state index is 12.3. The number of nitrogens with zero attached hydrogens (tertiary/aromatic N) is 2. The molecule has 0 aliphatic heterocycles. The van der Waals surface area contributed by atoms with E-state index >= 15 is 0 Å². The normalized spacial score (nSPS) is 21.6. The summed E-state index contributed by atoms with van der Waals surface area (Å²) in [6, 6.07) is 7.35. The molecule has 2 N–H and O–H groups in total. The molecule has 0 amide bonds. The van der Waals surface area contributed by atoms with Gasteiger partial charge in [0.05, 0.1) is 22.5 Å². The fourth-order valence-electron chi connectivity index (χ4n) is 2.65. The molecule has 5 heteroatoms. The van der Waals surface area contributed by atoms with E-state index < -0.39 is 0 Å². The summed E-state index contributed by atoms with van der Waals surface area (Å²) in [6.45, 7) is 5.84. The van der Waals surface area contributed by atoms with Crippen LogP contribution in [0, 0.1) is 16.7 Å². The maximum atomic E-state index is 12.3. The Bertz CT molecular complexity index is 735. The van der Waals surface area contributed by atoms with Gasteiger partial charge in [-0.1, -0.05) is 13.8 Å². The number of hydrogen-bond acceptors (Lipinski definition) is 4. The monoisotopic (exact) mass is 359 g/mol. The van der Waals surface area contributed by atoms with Crippen molar-refractivity contribution in [3.05, 3.63) is 39.5 Å². The third kappa shape index (κ3) is 3.45. The molecule has 22 heavy (non-hydrogen) atoms. The molecule has 1 saturated carbocycles. The third-order valence-corrected chi connectivity index (χ3v) is 4.24. The average molecular weight is 360 g/mol.